The number of carbonyl (C=O) groups is 1. The van der Waals surface area contributed by atoms with Gasteiger partial charge in [-0.25, -0.2) is 0 Å². The molecule has 7 heteroatoms. The van der Waals surface area contributed by atoms with E-state index in [1.54, 1.807) is 0 Å². The van der Waals surface area contributed by atoms with E-state index >= 15 is 0 Å². The molecule has 1 fully saturated rings. The van der Waals surface area contributed by atoms with Gasteiger partial charge >= 0.3 is 6.18 Å². The number of hydrogen-bond acceptors (Lipinski definition) is 3. The molecule has 1 amide bonds. The number of nitrogens with one attached hydrogen (secondary N) is 1. The maximum Gasteiger partial charge on any atom is 0.411 e. The Kier molecular flexibility index (Phi) is 4.37. The molecule has 0 radical (unpaired) electrons. The van der Waals surface area contributed by atoms with E-state index < -0.39 is 30.4 Å². The lowest BCUT2D eigenvalue weighted by atomic mass is 9.80. The molecular weight excluding hydrogens is 239 g/mol. The van der Waals surface area contributed by atoms with Crippen molar-refractivity contribution in [2.75, 3.05) is 13.2 Å². The number of halogens is 3. The number of ether oxygens (including phenoxy) is 1. The van der Waals surface area contributed by atoms with Crippen LogP contribution < -0.4 is 5.32 Å². The molecule has 17 heavy (non-hydrogen) atoms. The summed E-state index contributed by atoms with van der Waals surface area (Å²) >= 11 is 0. The smallest absolute Gasteiger partial charge is 0.388 e. The number of amides is 1. The third kappa shape index (κ3) is 4.91. The Morgan fingerprint density at radius 2 is 2.12 bits per heavy atom. The number of alkyl halides is 3. The van der Waals surface area contributed by atoms with Gasteiger partial charge in [0, 0.05) is 6.54 Å². The third-order valence-electron chi connectivity index (χ3n) is 2.74. The van der Waals surface area contributed by atoms with Crippen LogP contribution in [0, 0.1) is 0 Å². The summed E-state index contributed by atoms with van der Waals surface area (Å²) in [6.07, 6.45) is -3.52. The van der Waals surface area contributed by atoms with Gasteiger partial charge in [0.15, 0.2) is 0 Å². The van der Waals surface area contributed by atoms with E-state index in [0.29, 0.717) is 12.8 Å². The zero-order chi connectivity index (χ0) is 13.1. The SMILES string of the molecule is CC(OCC(F)(F)F)C(=O)NCC1(O)CCC1. The van der Waals surface area contributed by atoms with Gasteiger partial charge < -0.3 is 15.2 Å². The Morgan fingerprint density at radius 3 is 2.53 bits per heavy atom. The topological polar surface area (TPSA) is 58.6 Å². The number of aliphatic hydroxyl groups is 1. The predicted octanol–water partition coefficient (Wildman–Crippen LogP) is 0.985. The maximum absolute atomic E-state index is 11.8. The molecule has 1 unspecified atom stereocenters. The molecule has 4 nitrogen and oxygen atoms in total. The third-order valence-corrected chi connectivity index (χ3v) is 2.74. The molecule has 1 aliphatic rings. The summed E-state index contributed by atoms with van der Waals surface area (Å²) in [5, 5.41) is 12.0. The average molecular weight is 255 g/mol. The Hall–Kier alpha value is -0.820. The van der Waals surface area contributed by atoms with Crippen LogP contribution in [0.4, 0.5) is 13.2 Å². The molecule has 0 aromatic rings. The molecular formula is C10H16F3NO3. The summed E-state index contributed by atoms with van der Waals surface area (Å²) in [7, 11) is 0. The highest BCUT2D eigenvalue weighted by Gasteiger charge is 2.35. The van der Waals surface area contributed by atoms with E-state index in [2.05, 4.69) is 10.1 Å². The first kappa shape index (κ1) is 14.2. The minimum absolute atomic E-state index is 0.0611. The molecule has 1 atom stereocenters. The highest BCUT2D eigenvalue weighted by molar-refractivity contribution is 5.80. The van der Waals surface area contributed by atoms with Crippen molar-refractivity contribution in [3.8, 4) is 0 Å². The van der Waals surface area contributed by atoms with Gasteiger partial charge in [0.25, 0.3) is 0 Å². The van der Waals surface area contributed by atoms with Gasteiger partial charge in [0.1, 0.15) is 12.7 Å². The lowest BCUT2D eigenvalue weighted by molar-refractivity contribution is -0.186. The van der Waals surface area contributed by atoms with Crippen LogP contribution in [0.25, 0.3) is 0 Å². The van der Waals surface area contributed by atoms with Crippen LogP contribution in [-0.4, -0.2) is 42.0 Å². The molecule has 0 aromatic carbocycles. The van der Waals surface area contributed by atoms with Crippen LogP contribution in [-0.2, 0) is 9.53 Å². The molecule has 0 heterocycles. The Morgan fingerprint density at radius 1 is 1.53 bits per heavy atom. The Balaban J connectivity index is 2.22. The van der Waals surface area contributed by atoms with E-state index in [9.17, 15) is 23.1 Å². The molecule has 0 spiro atoms. The van der Waals surface area contributed by atoms with Crippen molar-refractivity contribution in [2.45, 2.75) is 44.1 Å². The van der Waals surface area contributed by atoms with E-state index in [1.165, 1.54) is 6.92 Å². The molecule has 0 aliphatic heterocycles. The molecule has 0 bridgehead atoms. The highest BCUT2D eigenvalue weighted by Crippen LogP contribution is 2.30. The van der Waals surface area contributed by atoms with Crippen molar-refractivity contribution in [1.82, 2.24) is 5.32 Å². The van der Waals surface area contributed by atoms with Gasteiger partial charge in [-0.05, 0) is 26.2 Å². The molecule has 1 aliphatic carbocycles. The van der Waals surface area contributed by atoms with Crippen molar-refractivity contribution < 1.29 is 27.8 Å². The van der Waals surface area contributed by atoms with Crippen LogP contribution in [0.2, 0.25) is 0 Å². The van der Waals surface area contributed by atoms with Crippen LogP contribution in [0.1, 0.15) is 26.2 Å². The van der Waals surface area contributed by atoms with Crippen molar-refractivity contribution in [1.29, 1.82) is 0 Å². The summed E-state index contributed by atoms with van der Waals surface area (Å²) in [6.45, 7) is -0.150. The van der Waals surface area contributed by atoms with Gasteiger partial charge in [-0.1, -0.05) is 0 Å². The fourth-order valence-corrected chi connectivity index (χ4v) is 1.45. The van der Waals surface area contributed by atoms with Crippen LogP contribution in [0.3, 0.4) is 0 Å². The second-order valence-electron chi connectivity index (χ2n) is 4.36. The standard InChI is InChI=1S/C10H16F3NO3/c1-7(17-6-10(11,12)13)8(15)14-5-9(16)3-2-4-9/h7,16H,2-6H2,1H3,(H,14,15). The second-order valence-corrected chi connectivity index (χ2v) is 4.36. The molecule has 1 saturated carbocycles. The fourth-order valence-electron chi connectivity index (χ4n) is 1.45. The minimum Gasteiger partial charge on any atom is -0.388 e. The molecule has 2 N–H and O–H groups in total. The van der Waals surface area contributed by atoms with E-state index in [0.717, 1.165) is 6.42 Å². The van der Waals surface area contributed by atoms with E-state index in [4.69, 9.17) is 0 Å². The number of carbonyl (C=O) groups excluding carboxylic acids is 1. The summed E-state index contributed by atoms with van der Waals surface area (Å²) in [5.74, 6) is -0.644. The highest BCUT2D eigenvalue weighted by atomic mass is 19.4. The van der Waals surface area contributed by atoms with Crippen molar-refractivity contribution in [3.05, 3.63) is 0 Å². The first-order valence-corrected chi connectivity index (χ1v) is 5.40. The first-order chi connectivity index (χ1) is 7.72. The number of rotatable bonds is 5. The zero-order valence-corrected chi connectivity index (χ0v) is 9.51. The lowest BCUT2D eigenvalue weighted by Gasteiger charge is -2.36. The Bertz CT molecular complexity index is 276. The summed E-state index contributed by atoms with van der Waals surface area (Å²) in [4.78, 5) is 11.3. The van der Waals surface area contributed by atoms with Gasteiger partial charge in [-0.3, -0.25) is 4.79 Å². The van der Waals surface area contributed by atoms with Crippen molar-refractivity contribution >= 4 is 5.91 Å². The molecule has 1 rings (SSSR count). The average Bonchev–Trinajstić information content (AvgIpc) is 2.18. The summed E-state index contributed by atoms with van der Waals surface area (Å²) in [6, 6.07) is 0. The van der Waals surface area contributed by atoms with E-state index in [-0.39, 0.29) is 6.54 Å². The molecule has 0 aromatic heterocycles. The maximum atomic E-state index is 11.8. The predicted molar refractivity (Wildman–Crippen MR) is 53.3 cm³/mol. The number of hydrogen-bond donors (Lipinski definition) is 2. The molecule has 100 valence electrons. The van der Waals surface area contributed by atoms with Crippen molar-refractivity contribution in [2.24, 2.45) is 0 Å². The lowest BCUT2D eigenvalue weighted by Crippen LogP contribution is -2.50. The van der Waals surface area contributed by atoms with Crippen LogP contribution >= 0.6 is 0 Å². The fraction of sp³-hybridized carbons (Fsp3) is 0.900. The largest absolute Gasteiger partial charge is 0.411 e. The monoisotopic (exact) mass is 255 g/mol. The van der Waals surface area contributed by atoms with Gasteiger partial charge in [-0.2, -0.15) is 13.2 Å². The summed E-state index contributed by atoms with van der Waals surface area (Å²) < 4.78 is 39.8. The van der Waals surface area contributed by atoms with Crippen LogP contribution in [0.5, 0.6) is 0 Å². The Labute approximate surface area is 97.1 Å². The minimum atomic E-state index is -4.44. The van der Waals surface area contributed by atoms with Gasteiger partial charge in [0.05, 0.1) is 5.60 Å². The second kappa shape index (κ2) is 5.22. The van der Waals surface area contributed by atoms with Gasteiger partial charge in [0.2, 0.25) is 5.91 Å². The normalized spacial score (nSPS) is 20.5. The quantitative estimate of drug-likeness (QED) is 0.770. The first-order valence-electron chi connectivity index (χ1n) is 5.40. The zero-order valence-electron chi connectivity index (χ0n) is 9.51. The molecule has 0 saturated heterocycles. The van der Waals surface area contributed by atoms with E-state index in [1.807, 2.05) is 0 Å². The van der Waals surface area contributed by atoms with Crippen molar-refractivity contribution in [3.63, 3.8) is 0 Å². The van der Waals surface area contributed by atoms with Crippen LogP contribution in [0.15, 0.2) is 0 Å². The summed E-state index contributed by atoms with van der Waals surface area (Å²) in [5.41, 5.74) is -0.889. The van der Waals surface area contributed by atoms with Gasteiger partial charge in [-0.15, -0.1) is 0 Å².